The number of aromatic amines is 1. The summed E-state index contributed by atoms with van der Waals surface area (Å²) in [7, 11) is 1.79. The number of imidazole rings is 1. The number of hydrogen-bond acceptors (Lipinski definition) is 7. The van der Waals surface area contributed by atoms with Crippen LogP contribution in [-0.2, 0) is 11.3 Å². The zero-order valence-corrected chi connectivity index (χ0v) is 23.3. The second-order valence-electron chi connectivity index (χ2n) is 11.3. The van der Waals surface area contributed by atoms with Crippen LogP contribution < -0.4 is 5.76 Å². The first-order valence-corrected chi connectivity index (χ1v) is 14.5. The third kappa shape index (κ3) is 5.39. The Bertz CT molecular complexity index is 1500. The van der Waals surface area contributed by atoms with Gasteiger partial charge in [0.25, 0.3) is 5.89 Å². The molecule has 0 aliphatic heterocycles. The highest BCUT2D eigenvalue weighted by atomic mass is 35.5. The number of nitrogens with zero attached hydrogens (tertiary/aromatic N) is 5. The maximum atomic E-state index is 11.7. The van der Waals surface area contributed by atoms with Crippen molar-refractivity contribution in [1.82, 2.24) is 29.7 Å². The van der Waals surface area contributed by atoms with E-state index in [1.54, 1.807) is 7.11 Å². The lowest BCUT2D eigenvalue weighted by atomic mass is 9.82. The van der Waals surface area contributed by atoms with Gasteiger partial charge in [-0.3, -0.25) is 0 Å². The molecule has 0 radical (unpaired) electrons. The van der Waals surface area contributed by atoms with Crippen molar-refractivity contribution in [2.24, 2.45) is 17.8 Å². The molecule has 10 heteroatoms. The molecule has 39 heavy (non-hydrogen) atoms. The fraction of sp³-hybridized carbons (Fsp3) is 0.552. The first-order chi connectivity index (χ1) is 19.0. The highest BCUT2D eigenvalue weighted by Crippen LogP contribution is 2.40. The fourth-order valence-corrected chi connectivity index (χ4v) is 6.62. The normalized spacial score (nSPS) is 21.4. The Morgan fingerprint density at radius 3 is 2.59 bits per heavy atom. The first kappa shape index (κ1) is 26.2. The highest BCUT2D eigenvalue weighted by molar-refractivity contribution is 6.30. The summed E-state index contributed by atoms with van der Waals surface area (Å²) in [6.45, 7) is 3.18. The van der Waals surface area contributed by atoms with Crippen LogP contribution in [0, 0.1) is 17.8 Å². The molecule has 2 saturated carbocycles. The number of ether oxygens (including phenoxy) is 1. The summed E-state index contributed by atoms with van der Waals surface area (Å²) >= 11 is 6.43. The van der Waals surface area contributed by atoms with Crippen LogP contribution in [0.4, 0.5) is 0 Å². The van der Waals surface area contributed by atoms with Crippen molar-refractivity contribution in [3.8, 4) is 23.0 Å². The number of methoxy groups -OCH3 is 1. The molecule has 1 aromatic carbocycles. The number of H-pyrrole nitrogens is 1. The minimum absolute atomic E-state index is 0.0260. The molecule has 3 heterocycles. The van der Waals surface area contributed by atoms with Crippen molar-refractivity contribution in [2.45, 2.75) is 77.4 Å². The Kier molecular flexibility index (Phi) is 7.53. The van der Waals surface area contributed by atoms with Crippen molar-refractivity contribution in [3.05, 3.63) is 45.7 Å². The lowest BCUT2D eigenvalue weighted by molar-refractivity contribution is 0.0259. The Labute approximate surface area is 232 Å². The van der Waals surface area contributed by atoms with Gasteiger partial charge < -0.3 is 13.7 Å². The Hall–Kier alpha value is -3.04. The average Bonchev–Trinajstić information content (AvgIpc) is 3.54. The third-order valence-corrected chi connectivity index (χ3v) is 8.76. The minimum atomic E-state index is -0.660. The van der Waals surface area contributed by atoms with Gasteiger partial charge in [0.05, 0.1) is 0 Å². The lowest BCUT2D eigenvalue weighted by Gasteiger charge is -2.31. The van der Waals surface area contributed by atoms with Crippen LogP contribution in [0.3, 0.4) is 0 Å². The lowest BCUT2D eigenvalue weighted by Crippen LogP contribution is -2.24. The number of benzene rings is 1. The molecule has 1 N–H and O–H groups in total. The predicted molar refractivity (Wildman–Crippen MR) is 149 cm³/mol. The van der Waals surface area contributed by atoms with Crippen LogP contribution in [0.5, 0.6) is 0 Å². The SMILES string of the molecule is COC(c1nc2nc(-c3n[nH]c(=O)o3)nc(-c3cccc(Cl)c3)c2n1CC1CCC(C)CC1)C1CCCCC1. The van der Waals surface area contributed by atoms with Crippen molar-refractivity contribution >= 4 is 22.8 Å². The second-order valence-corrected chi connectivity index (χ2v) is 11.7. The molecule has 1 atom stereocenters. The van der Waals surface area contributed by atoms with Gasteiger partial charge in [0.1, 0.15) is 23.1 Å². The van der Waals surface area contributed by atoms with E-state index in [0.717, 1.165) is 42.2 Å². The highest BCUT2D eigenvalue weighted by Gasteiger charge is 2.33. The monoisotopic (exact) mass is 550 g/mol. The number of hydrogen-bond donors (Lipinski definition) is 1. The quantitative estimate of drug-likeness (QED) is 0.276. The van der Waals surface area contributed by atoms with E-state index in [1.165, 1.54) is 44.9 Å². The van der Waals surface area contributed by atoms with Crippen molar-refractivity contribution in [1.29, 1.82) is 0 Å². The molecule has 6 rings (SSSR count). The number of rotatable bonds is 7. The van der Waals surface area contributed by atoms with Gasteiger partial charge in [-0.25, -0.2) is 24.8 Å². The molecule has 2 aliphatic carbocycles. The van der Waals surface area contributed by atoms with E-state index in [-0.39, 0.29) is 17.8 Å². The van der Waals surface area contributed by atoms with E-state index in [4.69, 9.17) is 35.7 Å². The molecule has 206 valence electrons. The van der Waals surface area contributed by atoms with E-state index >= 15 is 0 Å². The van der Waals surface area contributed by atoms with Crippen molar-refractivity contribution in [3.63, 3.8) is 0 Å². The first-order valence-electron chi connectivity index (χ1n) is 14.1. The summed E-state index contributed by atoms with van der Waals surface area (Å²) in [4.78, 5) is 26.5. The predicted octanol–water partition coefficient (Wildman–Crippen LogP) is 6.58. The van der Waals surface area contributed by atoms with Gasteiger partial charge in [-0.2, -0.15) is 0 Å². The number of aromatic nitrogens is 6. The summed E-state index contributed by atoms with van der Waals surface area (Å²) in [6, 6.07) is 7.62. The van der Waals surface area contributed by atoms with Crippen LogP contribution in [-0.4, -0.2) is 36.8 Å². The van der Waals surface area contributed by atoms with Crippen LogP contribution in [0.1, 0.15) is 76.6 Å². The maximum Gasteiger partial charge on any atom is 0.434 e. The average molecular weight is 551 g/mol. The summed E-state index contributed by atoms with van der Waals surface area (Å²) < 4.78 is 13.8. The topological polar surface area (TPSA) is 112 Å². The Morgan fingerprint density at radius 1 is 1.10 bits per heavy atom. The van der Waals surface area contributed by atoms with Gasteiger partial charge in [-0.1, -0.05) is 62.8 Å². The molecular weight excluding hydrogens is 516 g/mol. The number of halogens is 1. The van der Waals surface area contributed by atoms with Gasteiger partial charge in [0, 0.05) is 24.2 Å². The molecule has 2 fully saturated rings. The van der Waals surface area contributed by atoms with E-state index in [1.807, 2.05) is 24.3 Å². The van der Waals surface area contributed by atoms with Gasteiger partial charge in [0.2, 0.25) is 5.82 Å². The smallest absolute Gasteiger partial charge is 0.384 e. The van der Waals surface area contributed by atoms with Crippen LogP contribution >= 0.6 is 11.6 Å². The van der Waals surface area contributed by atoms with Crippen LogP contribution in [0.25, 0.3) is 34.1 Å². The van der Waals surface area contributed by atoms with Crippen LogP contribution in [0.2, 0.25) is 5.02 Å². The summed E-state index contributed by atoms with van der Waals surface area (Å²) in [6.07, 6.45) is 10.6. The van der Waals surface area contributed by atoms with E-state index in [2.05, 4.69) is 21.7 Å². The van der Waals surface area contributed by atoms with Crippen molar-refractivity contribution < 1.29 is 9.15 Å². The second kappa shape index (κ2) is 11.2. The zero-order chi connectivity index (χ0) is 26.9. The van der Waals surface area contributed by atoms with Gasteiger partial charge in [0.15, 0.2) is 5.65 Å². The number of fused-ring (bicyclic) bond motifs is 1. The van der Waals surface area contributed by atoms with Gasteiger partial charge in [-0.15, -0.1) is 5.10 Å². The van der Waals surface area contributed by atoms with Crippen LogP contribution in [0.15, 0.2) is 33.5 Å². The Balaban J connectivity index is 1.57. The molecule has 4 aromatic rings. The minimum Gasteiger partial charge on any atom is -0.384 e. The molecular formula is C29H35ClN6O3. The van der Waals surface area contributed by atoms with E-state index in [9.17, 15) is 4.79 Å². The Morgan fingerprint density at radius 2 is 1.90 bits per heavy atom. The number of nitrogens with one attached hydrogen (secondary N) is 1. The van der Waals surface area contributed by atoms with Crippen molar-refractivity contribution in [2.75, 3.05) is 7.11 Å². The van der Waals surface area contributed by atoms with Gasteiger partial charge >= 0.3 is 5.76 Å². The third-order valence-electron chi connectivity index (χ3n) is 8.52. The molecule has 0 bridgehead atoms. The van der Waals surface area contributed by atoms with Gasteiger partial charge in [-0.05, 0) is 55.6 Å². The molecule has 1 unspecified atom stereocenters. The molecule has 0 amide bonds. The summed E-state index contributed by atoms with van der Waals surface area (Å²) in [5.41, 5.74) is 2.92. The maximum absolute atomic E-state index is 11.7. The standard InChI is InChI=1S/C29H35ClN6O3/c1-17-11-13-18(14-12-17)16-36-23-22(20-9-6-10-21(30)15-20)31-26(28-34-35-29(37)39-28)32-25(23)33-27(36)24(38-2)19-7-4-3-5-8-19/h6,9-10,15,17-19,24H,3-5,7-8,11-14,16H2,1-2H3,(H,35,37). The fourth-order valence-electron chi connectivity index (χ4n) is 6.43. The van der Waals surface area contributed by atoms with E-state index in [0.29, 0.717) is 28.2 Å². The van der Waals surface area contributed by atoms with E-state index < -0.39 is 5.76 Å². The largest absolute Gasteiger partial charge is 0.434 e. The zero-order valence-electron chi connectivity index (χ0n) is 22.5. The molecule has 0 saturated heterocycles. The summed E-state index contributed by atoms with van der Waals surface area (Å²) in [5.74, 6) is 2.17. The molecule has 9 nitrogen and oxygen atoms in total. The molecule has 0 spiro atoms. The summed E-state index contributed by atoms with van der Waals surface area (Å²) in [5, 5.41) is 6.90. The molecule has 2 aliphatic rings. The molecule has 3 aromatic heterocycles.